The Bertz CT molecular complexity index is 1070. The number of amides is 1. The van der Waals surface area contributed by atoms with E-state index in [0.29, 0.717) is 34.0 Å². The standard InChI is InChI=1S/C17H15BrN4O3S/c18-14-9-12(10-15-16(14)21-8-7-20-15)17(23)22-6-5-11-1-3-13(4-2-11)26(19,24)25/h1-4,7-10H,5-6H2,(H,22,23)(H2,19,24,25). The SMILES string of the molecule is NS(=O)(=O)c1ccc(CCNC(=O)c2cc(Br)c3nccnc3c2)cc1. The summed E-state index contributed by atoms with van der Waals surface area (Å²) in [6.07, 6.45) is 3.72. The summed E-state index contributed by atoms with van der Waals surface area (Å²) in [5.41, 5.74) is 2.70. The van der Waals surface area contributed by atoms with Gasteiger partial charge >= 0.3 is 0 Å². The van der Waals surface area contributed by atoms with Crippen LogP contribution in [-0.2, 0) is 16.4 Å². The molecule has 1 amide bonds. The van der Waals surface area contributed by atoms with Gasteiger partial charge in [-0.05, 0) is 52.2 Å². The molecule has 0 radical (unpaired) electrons. The van der Waals surface area contributed by atoms with Gasteiger partial charge in [-0.25, -0.2) is 13.6 Å². The molecule has 0 fully saturated rings. The zero-order chi connectivity index (χ0) is 18.7. The van der Waals surface area contributed by atoms with Crippen molar-refractivity contribution in [3.8, 4) is 0 Å². The largest absolute Gasteiger partial charge is 0.352 e. The van der Waals surface area contributed by atoms with Crippen molar-refractivity contribution in [2.45, 2.75) is 11.3 Å². The van der Waals surface area contributed by atoms with Gasteiger partial charge in [0.2, 0.25) is 10.0 Å². The van der Waals surface area contributed by atoms with Crippen molar-refractivity contribution in [3.63, 3.8) is 0 Å². The van der Waals surface area contributed by atoms with E-state index in [2.05, 4.69) is 31.2 Å². The number of benzene rings is 2. The molecule has 0 saturated carbocycles. The van der Waals surface area contributed by atoms with E-state index >= 15 is 0 Å². The molecular formula is C17H15BrN4O3S. The summed E-state index contributed by atoms with van der Waals surface area (Å²) in [5.74, 6) is -0.223. The first kappa shape index (κ1) is 18.4. The number of aromatic nitrogens is 2. The van der Waals surface area contributed by atoms with Crippen LogP contribution < -0.4 is 10.5 Å². The average Bonchev–Trinajstić information content (AvgIpc) is 2.61. The minimum atomic E-state index is -3.70. The van der Waals surface area contributed by atoms with Crippen LogP contribution in [0.1, 0.15) is 15.9 Å². The molecule has 7 nitrogen and oxygen atoms in total. The molecule has 0 bridgehead atoms. The molecule has 0 aliphatic carbocycles. The maximum atomic E-state index is 12.3. The van der Waals surface area contributed by atoms with Gasteiger partial charge in [-0.15, -0.1) is 0 Å². The van der Waals surface area contributed by atoms with E-state index in [1.807, 2.05) is 0 Å². The highest BCUT2D eigenvalue weighted by Gasteiger charge is 2.11. The van der Waals surface area contributed by atoms with E-state index in [1.165, 1.54) is 12.1 Å². The highest BCUT2D eigenvalue weighted by Crippen LogP contribution is 2.22. The van der Waals surface area contributed by atoms with Crippen LogP contribution in [0.15, 0.2) is 58.2 Å². The van der Waals surface area contributed by atoms with Crippen molar-refractivity contribution in [1.82, 2.24) is 15.3 Å². The van der Waals surface area contributed by atoms with Gasteiger partial charge in [0.15, 0.2) is 0 Å². The Balaban J connectivity index is 1.64. The molecule has 9 heteroatoms. The fourth-order valence-electron chi connectivity index (χ4n) is 2.43. The molecule has 1 aromatic heterocycles. The summed E-state index contributed by atoms with van der Waals surface area (Å²) in [4.78, 5) is 20.8. The molecule has 0 saturated heterocycles. The zero-order valence-electron chi connectivity index (χ0n) is 13.5. The molecule has 3 rings (SSSR count). The number of sulfonamides is 1. The summed E-state index contributed by atoms with van der Waals surface area (Å²) in [7, 11) is -3.70. The number of halogens is 1. The number of carbonyl (C=O) groups is 1. The van der Waals surface area contributed by atoms with Crippen molar-refractivity contribution in [3.05, 3.63) is 64.4 Å². The third-order valence-electron chi connectivity index (χ3n) is 3.74. The Morgan fingerprint density at radius 3 is 2.50 bits per heavy atom. The average molecular weight is 435 g/mol. The van der Waals surface area contributed by atoms with Crippen molar-refractivity contribution in [2.75, 3.05) is 6.54 Å². The molecule has 3 aromatic rings. The molecule has 1 heterocycles. The minimum Gasteiger partial charge on any atom is -0.352 e. The predicted molar refractivity (Wildman–Crippen MR) is 101 cm³/mol. The number of primary sulfonamides is 1. The Labute approximate surface area is 158 Å². The van der Waals surface area contributed by atoms with E-state index in [0.717, 1.165) is 5.56 Å². The van der Waals surface area contributed by atoms with Crippen LogP contribution in [-0.4, -0.2) is 30.8 Å². The number of nitrogens with zero attached hydrogens (tertiary/aromatic N) is 2. The van der Waals surface area contributed by atoms with Crippen LogP contribution in [0.2, 0.25) is 0 Å². The van der Waals surface area contributed by atoms with E-state index in [-0.39, 0.29) is 10.8 Å². The lowest BCUT2D eigenvalue weighted by Gasteiger charge is -2.08. The van der Waals surface area contributed by atoms with Gasteiger partial charge < -0.3 is 5.32 Å². The van der Waals surface area contributed by atoms with Crippen molar-refractivity contribution >= 4 is 42.9 Å². The molecular weight excluding hydrogens is 420 g/mol. The number of hydrogen-bond acceptors (Lipinski definition) is 5. The second-order valence-corrected chi connectivity index (χ2v) is 7.99. The first-order chi connectivity index (χ1) is 12.3. The maximum absolute atomic E-state index is 12.3. The molecule has 26 heavy (non-hydrogen) atoms. The molecule has 2 aromatic carbocycles. The fraction of sp³-hybridized carbons (Fsp3) is 0.118. The molecule has 0 spiro atoms. The summed E-state index contributed by atoms with van der Waals surface area (Å²) in [6, 6.07) is 9.63. The lowest BCUT2D eigenvalue weighted by Crippen LogP contribution is -2.25. The first-order valence-corrected chi connectivity index (χ1v) is 9.99. The molecule has 0 aliphatic rings. The van der Waals surface area contributed by atoms with E-state index in [4.69, 9.17) is 5.14 Å². The van der Waals surface area contributed by atoms with Crippen LogP contribution in [0.4, 0.5) is 0 Å². The third kappa shape index (κ3) is 4.24. The van der Waals surface area contributed by atoms with Gasteiger partial charge in [0.1, 0.15) is 5.52 Å². The lowest BCUT2D eigenvalue weighted by atomic mass is 10.1. The van der Waals surface area contributed by atoms with Crippen LogP contribution >= 0.6 is 15.9 Å². The molecule has 0 aliphatic heterocycles. The van der Waals surface area contributed by atoms with Crippen LogP contribution in [0.3, 0.4) is 0 Å². The lowest BCUT2D eigenvalue weighted by molar-refractivity contribution is 0.0954. The highest BCUT2D eigenvalue weighted by atomic mass is 79.9. The molecule has 0 atom stereocenters. The molecule has 134 valence electrons. The number of fused-ring (bicyclic) bond motifs is 1. The van der Waals surface area contributed by atoms with Gasteiger partial charge in [0.25, 0.3) is 5.91 Å². The van der Waals surface area contributed by atoms with Crippen molar-refractivity contribution in [2.24, 2.45) is 5.14 Å². The van der Waals surface area contributed by atoms with E-state index in [9.17, 15) is 13.2 Å². The van der Waals surface area contributed by atoms with Crippen LogP contribution in [0.5, 0.6) is 0 Å². The third-order valence-corrected chi connectivity index (χ3v) is 5.27. The molecule has 3 N–H and O–H groups in total. The fourth-order valence-corrected chi connectivity index (χ4v) is 3.50. The van der Waals surface area contributed by atoms with Gasteiger partial charge in [-0.2, -0.15) is 0 Å². The Morgan fingerprint density at radius 2 is 1.81 bits per heavy atom. The Hall–Kier alpha value is -2.36. The number of rotatable bonds is 5. The van der Waals surface area contributed by atoms with E-state index < -0.39 is 10.0 Å². The molecule has 0 unspecified atom stereocenters. The first-order valence-electron chi connectivity index (χ1n) is 7.65. The van der Waals surface area contributed by atoms with Gasteiger partial charge in [-0.3, -0.25) is 14.8 Å². The predicted octanol–water partition coefficient (Wildman–Crippen LogP) is 2.01. The summed E-state index contributed by atoms with van der Waals surface area (Å²) in [5, 5.41) is 7.90. The quantitative estimate of drug-likeness (QED) is 0.636. The number of nitrogens with one attached hydrogen (secondary N) is 1. The van der Waals surface area contributed by atoms with Gasteiger partial charge in [0, 0.05) is 29.0 Å². The second kappa shape index (κ2) is 7.48. The maximum Gasteiger partial charge on any atom is 0.251 e. The summed E-state index contributed by atoms with van der Waals surface area (Å²) >= 11 is 3.40. The van der Waals surface area contributed by atoms with Crippen molar-refractivity contribution < 1.29 is 13.2 Å². The van der Waals surface area contributed by atoms with Gasteiger partial charge in [-0.1, -0.05) is 12.1 Å². The Kier molecular flexibility index (Phi) is 5.30. The van der Waals surface area contributed by atoms with Crippen molar-refractivity contribution in [1.29, 1.82) is 0 Å². The number of hydrogen-bond donors (Lipinski definition) is 2. The van der Waals surface area contributed by atoms with E-state index in [1.54, 1.807) is 36.7 Å². The monoisotopic (exact) mass is 434 g/mol. The normalized spacial score (nSPS) is 11.5. The van der Waals surface area contributed by atoms with Gasteiger partial charge in [0.05, 0.1) is 10.4 Å². The topological polar surface area (TPSA) is 115 Å². The minimum absolute atomic E-state index is 0.0624. The summed E-state index contributed by atoms with van der Waals surface area (Å²) in [6.45, 7) is 0.406. The second-order valence-electron chi connectivity index (χ2n) is 5.58. The highest BCUT2D eigenvalue weighted by molar-refractivity contribution is 9.10. The number of carbonyl (C=O) groups excluding carboxylic acids is 1. The Morgan fingerprint density at radius 1 is 1.12 bits per heavy atom. The van der Waals surface area contributed by atoms with Crippen LogP contribution in [0.25, 0.3) is 11.0 Å². The number of nitrogens with two attached hydrogens (primary N) is 1. The zero-order valence-corrected chi connectivity index (χ0v) is 15.9. The summed E-state index contributed by atoms with van der Waals surface area (Å²) < 4.78 is 23.2. The van der Waals surface area contributed by atoms with Crippen LogP contribution in [0, 0.1) is 0 Å². The smallest absolute Gasteiger partial charge is 0.251 e.